The van der Waals surface area contributed by atoms with Crippen LogP contribution >= 0.6 is 0 Å². The van der Waals surface area contributed by atoms with E-state index in [9.17, 15) is 5.11 Å². The van der Waals surface area contributed by atoms with Gasteiger partial charge in [0, 0.05) is 17.4 Å². The first-order valence-electron chi connectivity index (χ1n) is 7.86. The predicted octanol–water partition coefficient (Wildman–Crippen LogP) is 4.50. The van der Waals surface area contributed by atoms with E-state index in [1.54, 1.807) is 0 Å². The zero-order valence-electron chi connectivity index (χ0n) is 13.8. The number of ether oxygens (including phenoxy) is 1. The molecule has 22 heavy (non-hydrogen) atoms. The van der Waals surface area contributed by atoms with Crippen molar-refractivity contribution in [3.05, 3.63) is 70.8 Å². The van der Waals surface area contributed by atoms with E-state index in [-0.39, 0.29) is 6.10 Å². The van der Waals surface area contributed by atoms with Gasteiger partial charge in [0.1, 0.15) is 0 Å². The van der Waals surface area contributed by atoms with Crippen LogP contribution in [0.1, 0.15) is 49.1 Å². The molecule has 1 aliphatic heterocycles. The van der Waals surface area contributed by atoms with Crippen molar-refractivity contribution >= 4 is 0 Å². The Hall–Kier alpha value is -1.64. The lowest BCUT2D eigenvalue weighted by atomic mass is 9.76. The van der Waals surface area contributed by atoms with E-state index in [4.69, 9.17) is 4.74 Å². The summed E-state index contributed by atoms with van der Waals surface area (Å²) >= 11 is 0. The first-order chi connectivity index (χ1) is 10.3. The summed E-state index contributed by atoms with van der Waals surface area (Å²) in [5.74, 6) is -1.28. The van der Waals surface area contributed by atoms with Crippen LogP contribution in [0.3, 0.4) is 0 Å². The third-order valence-corrected chi connectivity index (χ3v) is 4.57. The topological polar surface area (TPSA) is 29.5 Å². The largest absolute Gasteiger partial charge is 0.361 e. The van der Waals surface area contributed by atoms with Gasteiger partial charge in [0.2, 0.25) is 0 Å². The lowest BCUT2D eigenvalue weighted by Crippen LogP contribution is -2.47. The molecule has 0 radical (unpaired) electrons. The maximum absolute atomic E-state index is 11.3. The van der Waals surface area contributed by atoms with Crippen molar-refractivity contribution in [2.75, 3.05) is 0 Å². The highest BCUT2D eigenvalue weighted by Gasteiger charge is 2.48. The molecule has 0 bridgehead atoms. The van der Waals surface area contributed by atoms with Gasteiger partial charge in [-0.25, -0.2) is 0 Å². The third-order valence-electron chi connectivity index (χ3n) is 4.57. The highest BCUT2D eigenvalue weighted by Crippen LogP contribution is 2.48. The first-order valence-corrected chi connectivity index (χ1v) is 7.86. The van der Waals surface area contributed by atoms with Crippen molar-refractivity contribution < 1.29 is 9.84 Å². The minimum atomic E-state index is -1.28. The van der Waals surface area contributed by atoms with Gasteiger partial charge in [-0.3, -0.25) is 0 Å². The smallest absolute Gasteiger partial charge is 0.198 e. The molecule has 0 amide bonds. The monoisotopic (exact) mass is 296 g/mol. The standard InChI is InChI=1S/C20H24O2/c1-14-9-11-15(12-10-14)18-13-16-7-5-6-8-17(16)20(21,22-18)19(2,3)4/h5-12,18,21H,13H2,1-4H3. The number of rotatable bonds is 1. The summed E-state index contributed by atoms with van der Waals surface area (Å²) in [6, 6.07) is 16.4. The number of aryl methyl sites for hydroxylation is 1. The Balaban J connectivity index is 2.07. The van der Waals surface area contributed by atoms with Crippen LogP contribution in [0, 0.1) is 12.3 Å². The number of benzene rings is 2. The Bertz CT molecular complexity index is 667. The minimum absolute atomic E-state index is 0.125. The van der Waals surface area contributed by atoms with Crippen LogP contribution in [0.4, 0.5) is 0 Å². The van der Waals surface area contributed by atoms with Crippen molar-refractivity contribution in [3.8, 4) is 0 Å². The molecule has 1 heterocycles. The SMILES string of the molecule is Cc1ccc(C2Cc3ccccc3C(O)(C(C)(C)C)O2)cc1. The maximum atomic E-state index is 11.3. The van der Waals surface area contributed by atoms with Crippen LogP contribution in [0.5, 0.6) is 0 Å². The predicted molar refractivity (Wildman–Crippen MR) is 88.5 cm³/mol. The highest BCUT2D eigenvalue weighted by molar-refractivity contribution is 5.37. The van der Waals surface area contributed by atoms with Gasteiger partial charge in [-0.1, -0.05) is 74.9 Å². The molecule has 3 rings (SSSR count). The quantitative estimate of drug-likeness (QED) is 0.839. The Labute approximate surface area is 132 Å². The number of hydrogen-bond acceptors (Lipinski definition) is 2. The molecule has 2 aromatic carbocycles. The number of fused-ring (bicyclic) bond motifs is 1. The molecule has 2 aromatic rings. The molecule has 0 aliphatic carbocycles. The molecular formula is C20H24O2. The van der Waals surface area contributed by atoms with Crippen molar-refractivity contribution in [1.82, 2.24) is 0 Å². The molecule has 0 saturated carbocycles. The lowest BCUT2D eigenvalue weighted by Gasteiger charge is -2.46. The molecule has 0 spiro atoms. The first kappa shape index (κ1) is 15.3. The van der Waals surface area contributed by atoms with Crippen molar-refractivity contribution in [1.29, 1.82) is 0 Å². The van der Waals surface area contributed by atoms with Gasteiger partial charge >= 0.3 is 0 Å². The molecule has 1 N–H and O–H groups in total. The zero-order chi connectivity index (χ0) is 16.0. The molecule has 0 aromatic heterocycles. The molecule has 0 fully saturated rings. The van der Waals surface area contributed by atoms with Crippen LogP contribution < -0.4 is 0 Å². The molecule has 116 valence electrons. The van der Waals surface area contributed by atoms with Gasteiger partial charge in [-0.15, -0.1) is 0 Å². The maximum Gasteiger partial charge on any atom is 0.198 e. The van der Waals surface area contributed by atoms with Gasteiger partial charge in [0.25, 0.3) is 0 Å². The second kappa shape index (κ2) is 5.22. The molecule has 2 unspecified atom stereocenters. The average Bonchev–Trinajstić information content (AvgIpc) is 2.47. The second-order valence-corrected chi connectivity index (χ2v) is 7.27. The molecule has 2 heteroatoms. The van der Waals surface area contributed by atoms with Crippen LogP contribution in [0.25, 0.3) is 0 Å². The third kappa shape index (κ3) is 2.47. The van der Waals surface area contributed by atoms with E-state index in [0.717, 1.165) is 23.1 Å². The van der Waals surface area contributed by atoms with Gasteiger partial charge in [-0.05, 0) is 18.1 Å². The fourth-order valence-electron chi connectivity index (χ4n) is 3.09. The van der Waals surface area contributed by atoms with E-state index < -0.39 is 11.2 Å². The van der Waals surface area contributed by atoms with E-state index in [1.165, 1.54) is 5.56 Å². The fraction of sp³-hybridized carbons (Fsp3) is 0.400. The second-order valence-electron chi connectivity index (χ2n) is 7.27. The summed E-state index contributed by atoms with van der Waals surface area (Å²) in [7, 11) is 0. The van der Waals surface area contributed by atoms with E-state index in [0.29, 0.717) is 0 Å². The molecular weight excluding hydrogens is 272 g/mol. The molecule has 0 saturated heterocycles. The summed E-state index contributed by atoms with van der Waals surface area (Å²) in [5, 5.41) is 11.3. The molecule has 2 nitrogen and oxygen atoms in total. The Kier molecular flexibility index (Phi) is 3.62. The van der Waals surface area contributed by atoms with E-state index in [1.807, 2.05) is 39.0 Å². The normalized spacial score (nSPS) is 24.9. The summed E-state index contributed by atoms with van der Waals surface area (Å²) in [6.45, 7) is 8.12. The van der Waals surface area contributed by atoms with Gasteiger partial charge in [0.15, 0.2) is 5.79 Å². The van der Waals surface area contributed by atoms with E-state index >= 15 is 0 Å². The Morgan fingerprint density at radius 3 is 2.32 bits per heavy atom. The summed E-state index contributed by atoms with van der Waals surface area (Å²) in [6.07, 6.45) is 0.664. The zero-order valence-corrected chi connectivity index (χ0v) is 13.8. The minimum Gasteiger partial charge on any atom is -0.361 e. The molecule has 2 atom stereocenters. The average molecular weight is 296 g/mol. The highest BCUT2D eigenvalue weighted by atomic mass is 16.6. The van der Waals surface area contributed by atoms with Crippen molar-refractivity contribution in [2.45, 2.75) is 46.0 Å². The van der Waals surface area contributed by atoms with Gasteiger partial charge in [0.05, 0.1) is 6.10 Å². The summed E-state index contributed by atoms with van der Waals surface area (Å²) in [5.41, 5.74) is 3.99. The fourth-order valence-corrected chi connectivity index (χ4v) is 3.09. The number of aliphatic hydroxyl groups is 1. The van der Waals surface area contributed by atoms with E-state index in [2.05, 4.69) is 37.3 Å². The van der Waals surface area contributed by atoms with Gasteiger partial charge in [-0.2, -0.15) is 0 Å². The van der Waals surface area contributed by atoms with Crippen molar-refractivity contribution in [3.63, 3.8) is 0 Å². The van der Waals surface area contributed by atoms with Crippen molar-refractivity contribution in [2.24, 2.45) is 5.41 Å². The summed E-state index contributed by atoms with van der Waals surface area (Å²) in [4.78, 5) is 0. The van der Waals surface area contributed by atoms with Crippen LogP contribution in [-0.2, 0) is 16.9 Å². The lowest BCUT2D eigenvalue weighted by molar-refractivity contribution is -0.302. The summed E-state index contributed by atoms with van der Waals surface area (Å²) < 4.78 is 6.25. The van der Waals surface area contributed by atoms with Crippen LogP contribution in [-0.4, -0.2) is 5.11 Å². The van der Waals surface area contributed by atoms with Crippen LogP contribution in [0.15, 0.2) is 48.5 Å². The van der Waals surface area contributed by atoms with Crippen LogP contribution in [0.2, 0.25) is 0 Å². The number of hydrogen-bond donors (Lipinski definition) is 1. The molecule has 1 aliphatic rings. The Morgan fingerprint density at radius 1 is 1.05 bits per heavy atom. The van der Waals surface area contributed by atoms with Gasteiger partial charge < -0.3 is 9.84 Å². The Morgan fingerprint density at radius 2 is 1.68 bits per heavy atom.